The Hall–Kier alpha value is -7.02. The first kappa shape index (κ1) is 42.0. The summed E-state index contributed by atoms with van der Waals surface area (Å²) in [5, 5.41) is 121. The maximum atomic E-state index is 10.4. The second-order valence-corrected chi connectivity index (χ2v) is 7.81. The number of non-ortho nitro benzene ring substituents is 3. The number of rotatable bonds is 9. The summed E-state index contributed by atoms with van der Waals surface area (Å²) in [6.07, 6.45) is 0. The standard InChI is InChI=1S/3C6H3N3O7.Gd/c3*10-6-4(8(13)14)1-3(7(11)12)2-5(6)9(15)16;/h3*1-2,10H;. The fourth-order valence-corrected chi connectivity index (χ4v) is 2.92. The molecule has 0 unspecified atom stereocenters. The summed E-state index contributed by atoms with van der Waals surface area (Å²) >= 11 is 0. The largest absolute Gasteiger partial charge is 0.497 e. The second-order valence-electron chi connectivity index (χ2n) is 7.81. The molecule has 0 aliphatic rings. The molecule has 0 atom stereocenters. The molecule has 3 N–H and O–H groups in total. The Morgan fingerprint density at radius 1 is 0.306 bits per heavy atom. The van der Waals surface area contributed by atoms with Gasteiger partial charge in [0.05, 0.1) is 80.7 Å². The first-order valence-electron chi connectivity index (χ1n) is 10.9. The molecule has 0 saturated carbocycles. The fourth-order valence-electron chi connectivity index (χ4n) is 2.92. The van der Waals surface area contributed by atoms with E-state index in [4.69, 9.17) is 15.3 Å². The summed E-state index contributed by atoms with van der Waals surface area (Å²) in [4.78, 5) is 83.3. The molecule has 30 nitrogen and oxygen atoms in total. The van der Waals surface area contributed by atoms with Crippen molar-refractivity contribution in [2.45, 2.75) is 0 Å². The summed E-state index contributed by atoms with van der Waals surface area (Å²) < 4.78 is 0. The topological polar surface area (TPSA) is 449 Å². The first-order valence-corrected chi connectivity index (χ1v) is 10.9. The predicted molar refractivity (Wildman–Crippen MR) is 144 cm³/mol. The van der Waals surface area contributed by atoms with Crippen LogP contribution in [0, 0.1) is 131 Å². The van der Waals surface area contributed by atoms with Gasteiger partial charge in [-0.1, -0.05) is 0 Å². The van der Waals surface area contributed by atoms with Gasteiger partial charge in [0.2, 0.25) is 0 Å². The number of nitro benzene ring substituents is 9. The average Bonchev–Trinajstić information content (AvgIpc) is 2.96. The molecule has 0 saturated heterocycles. The zero-order valence-corrected chi connectivity index (χ0v) is 24.8. The number of hydrogen-bond acceptors (Lipinski definition) is 21. The number of phenols is 3. The van der Waals surface area contributed by atoms with Crippen LogP contribution in [0.4, 0.5) is 51.2 Å². The van der Waals surface area contributed by atoms with Crippen LogP contribution in [0.1, 0.15) is 0 Å². The molecule has 3 rings (SSSR count). The van der Waals surface area contributed by atoms with Gasteiger partial charge in [-0.25, -0.2) is 0 Å². The van der Waals surface area contributed by atoms with Crippen molar-refractivity contribution in [1.82, 2.24) is 0 Å². The van der Waals surface area contributed by atoms with Crippen molar-refractivity contribution in [3.8, 4) is 17.2 Å². The van der Waals surface area contributed by atoms with E-state index in [1.807, 2.05) is 0 Å². The molecule has 49 heavy (non-hydrogen) atoms. The Morgan fingerprint density at radius 3 is 0.510 bits per heavy atom. The van der Waals surface area contributed by atoms with E-state index in [2.05, 4.69) is 0 Å². The molecule has 0 amide bonds. The van der Waals surface area contributed by atoms with Crippen LogP contribution in [0.15, 0.2) is 36.4 Å². The van der Waals surface area contributed by atoms with Crippen LogP contribution < -0.4 is 0 Å². The summed E-state index contributed by atoms with van der Waals surface area (Å²) in [7, 11) is 0. The zero-order chi connectivity index (χ0) is 37.4. The molecule has 3 aromatic rings. The minimum absolute atomic E-state index is 0. The van der Waals surface area contributed by atoms with Crippen molar-refractivity contribution in [2.24, 2.45) is 0 Å². The summed E-state index contributed by atoms with van der Waals surface area (Å²) in [6.45, 7) is 0. The monoisotopic (exact) mass is 845 g/mol. The van der Waals surface area contributed by atoms with Gasteiger partial charge in [0.15, 0.2) is 0 Å². The molecule has 0 aliphatic heterocycles. The van der Waals surface area contributed by atoms with Gasteiger partial charge in [-0.05, 0) is 0 Å². The van der Waals surface area contributed by atoms with Gasteiger partial charge in [-0.3, -0.25) is 91.0 Å². The number of aromatic hydroxyl groups is 3. The van der Waals surface area contributed by atoms with Crippen molar-refractivity contribution in [3.63, 3.8) is 0 Å². The third-order valence-electron chi connectivity index (χ3n) is 4.98. The van der Waals surface area contributed by atoms with Crippen LogP contribution in [0.25, 0.3) is 0 Å². The van der Waals surface area contributed by atoms with Gasteiger partial charge in [-0.15, -0.1) is 0 Å². The molecule has 31 heteroatoms. The summed E-state index contributed by atoms with van der Waals surface area (Å²) in [6, 6.07) is 2.68. The molecule has 0 radical (unpaired) electrons. The van der Waals surface area contributed by atoms with Crippen LogP contribution in [0.2, 0.25) is 0 Å². The van der Waals surface area contributed by atoms with E-state index in [1.54, 1.807) is 0 Å². The van der Waals surface area contributed by atoms with Crippen LogP contribution in [0.3, 0.4) is 0 Å². The van der Waals surface area contributed by atoms with Crippen molar-refractivity contribution in [3.05, 3.63) is 127 Å². The van der Waals surface area contributed by atoms with E-state index in [0.29, 0.717) is 36.4 Å². The molecule has 0 fully saturated rings. The second kappa shape index (κ2) is 17.1. The van der Waals surface area contributed by atoms with E-state index in [1.165, 1.54) is 0 Å². The van der Waals surface area contributed by atoms with Crippen molar-refractivity contribution < 1.29 is 99.6 Å². The summed E-state index contributed by atoms with van der Waals surface area (Å²) in [5.41, 5.74) is -9.01. The number of nitro groups is 9. The average molecular weight is 845 g/mol. The number of hydrogen-bond donors (Lipinski definition) is 3. The van der Waals surface area contributed by atoms with Crippen molar-refractivity contribution in [1.29, 1.82) is 0 Å². The van der Waals surface area contributed by atoms with Crippen LogP contribution >= 0.6 is 0 Å². The van der Waals surface area contributed by atoms with E-state index < -0.39 is 113 Å². The van der Waals surface area contributed by atoms with E-state index in [9.17, 15) is 91.0 Å². The van der Waals surface area contributed by atoms with Gasteiger partial charge in [0, 0.05) is 39.9 Å². The quantitative estimate of drug-likeness (QED) is 0.205. The van der Waals surface area contributed by atoms with Gasteiger partial charge >= 0.3 is 34.1 Å². The Kier molecular flexibility index (Phi) is 14.6. The van der Waals surface area contributed by atoms with Crippen molar-refractivity contribution in [2.75, 3.05) is 0 Å². The molecule has 0 heterocycles. The van der Waals surface area contributed by atoms with E-state index in [0.717, 1.165) is 0 Å². The predicted octanol–water partition coefficient (Wildman–Crippen LogP) is 3.35. The van der Waals surface area contributed by atoms with E-state index in [-0.39, 0.29) is 39.9 Å². The molecular weight excluding hydrogens is 835 g/mol. The third kappa shape index (κ3) is 10.5. The van der Waals surface area contributed by atoms with Crippen LogP contribution in [-0.2, 0) is 0 Å². The van der Waals surface area contributed by atoms with Crippen LogP contribution in [-0.4, -0.2) is 59.6 Å². The number of nitrogens with zero attached hydrogens (tertiary/aromatic N) is 9. The molecule has 0 aliphatic carbocycles. The molecule has 0 spiro atoms. The summed E-state index contributed by atoms with van der Waals surface area (Å²) in [5.74, 6) is -3.62. The molecule has 0 bridgehead atoms. The van der Waals surface area contributed by atoms with Crippen LogP contribution in [0.5, 0.6) is 17.2 Å². The van der Waals surface area contributed by atoms with Gasteiger partial charge in [0.1, 0.15) is 0 Å². The maximum absolute atomic E-state index is 10.4. The van der Waals surface area contributed by atoms with Crippen molar-refractivity contribution >= 4 is 51.2 Å². The van der Waals surface area contributed by atoms with E-state index >= 15 is 0 Å². The maximum Gasteiger partial charge on any atom is 0.324 e. The fraction of sp³-hybridized carbons (Fsp3) is 0. The minimum Gasteiger partial charge on any atom is -0.497 e. The number of benzene rings is 3. The van der Waals surface area contributed by atoms with Gasteiger partial charge in [0.25, 0.3) is 34.3 Å². The van der Waals surface area contributed by atoms with Gasteiger partial charge in [-0.2, -0.15) is 0 Å². The smallest absolute Gasteiger partial charge is 0.324 e. The molecule has 3 aromatic carbocycles. The zero-order valence-electron chi connectivity index (χ0n) is 22.5. The Bertz CT molecular complexity index is 1610. The number of phenolic OH excluding ortho intramolecular Hbond substituents is 3. The third-order valence-corrected chi connectivity index (χ3v) is 4.98. The molecule has 0 aromatic heterocycles. The molecule has 260 valence electrons. The minimum atomic E-state index is -1.21. The van der Waals surface area contributed by atoms with Gasteiger partial charge < -0.3 is 15.3 Å². The Morgan fingerprint density at radius 2 is 0.429 bits per heavy atom. The normalized spacial score (nSPS) is 9.55. The Labute approximate surface area is 294 Å². The SMILES string of the molecule is O=[N+]([O-])c1cc([N+](=O)[O-])c(O)c([N+](=O)[O-])c1.O=[N+]([O-])c1cc([N+](=O)[O-])c(O)c([N+](=O)[O-])c1.O=[N+]([O-])c1cc([N+](=O)[O-])c(O)c([N+](=O)[O-])c1.[Gd]. The first-order chi connectivity index (χ1) is 22.0. The molecular formula is C18H9GdN9O21. The Balaban J connectivity index is 0.000000698.